The van der Waals surface area contributed by atoms with Crippen molar-refractivity contribution >= 4 is 5.91 Å². The molecule has 122 valence electrons. The number of hydrogen-bond acceptors (Lipinski definition) is 3. The zero-order valence-corrected chi connectivity index (χ0v) is 13.5. The van der Waals surface area contributed by atoms with Crippen molar-refractivity contribution < 1.29 is 14.3 Å². The van der Waals surface area contributed by atoms with Crippen molar-refractivity contribution in [1.29, 1.82) is 0 Å². The summed E-state index contributed by atoms with van der Waals surface area (Å²) in [5, 5.41) is 2.87. The van der Waals surface area contributed by atoms with Crippen molar-refractivity contribution in [3.63, 3.8) is 0 Å². The third-order valence-corrected chi connectivity index (χ3v) is 3.31. The van der Waals surface area contributed by atoms with Gasteiger partial charge in [-0.05, 0) is 43.2 Å². The van der Waals surface area contributed by atoms with Gasteiger partial charge in [0.1, 0.15) is 18.1 Å². The fraction of sp³-hybridized carbons (Fsp3) is 0.316. The van der Waals surface area contributed by atoms with Crippen LogP contribution in [0.5, 0.6) is 11.5 Å². The molecule has 4 nitrogen and oxygen atoms in total. The molecule has 0 aliphatic rings. The standard InChI is InChI=1S/C19H23NO3/c1-2-22-17-9-11-18(12-10-17)23-15-14-20-19(21)13-8-16-6-4-3-5-7-16/h3-7,9-12H,2,8,13-15H2,1H3,(H,20,21). The quantitative estimate of drug-likeness (QED) is 0.723. The molecule has 23 heavy (non-hydrogen) atoms. The second-order valence-corrected chi connectivity index (χ2v) is 5.09. The number of carbonyl (C=O) groups is 1. The Kier molecular flexibility index (Phi) is 6.98. The zero-order valence-electron chi connectivity index (χ0n) is 13.5. The maximum Gasteiger partial charge on any atom is 0.220 e. The predicted octanol–water partition coefficient (Wildman–Crippen LogP) is 3.21. The van der Waals surface area contributed by atoms with Crippen LogP contribution in [-0.4, -0.2) is 25.7 Å². The van der Waals surface area contributed by atoms with E-state index >= 15 is 0 Å². The molecule has 2 aromatic carbocycles. The van der Waals surface area contributed by atoms with Crippen LogP contribution in [0.4, 0.5) is 0 Å². The lowest BCUT2D eigenvalue weighted by Crippen LogP contribution is -2.28. The third-order valence-electron chi connectivity index (χ3n) is 3.31. The number of rotatable bonds is 9. The first kappa shape index (κ1) is 16.9. The average Bonchev–Trinajstić information content (AvgIpc) is 2.59. The molecule has 0 radical (unpaired) electrons. The number of aryl methyl sites for hydroxylation is 1. The van der Waals surface area contributed by atoms with Crippen LogP contribution in [0.25, 0.3) is 0 Å². The molecule has 0 aliphatic carbocycles. The number of carbonyl (C=O) groups excluding carboxylic acids is 1. The van der Waals surface area contributed by atoms with Crippen LogP contribution in [0, 0.1) is 0 Å². The lowest BCUT2D eigenvalue weighted by Gasteiger charge is -2.09. The molecule has 0 atom stereocenters. The molecule has 0 fully saturated rings. The Morgan fingerprint density at radius 1 is 0.957 bits per heavy atom. The van der Waals surface area contributed by atoms with Crippen molar-refractivity contribution in [2.24, 2.45) is 0 Å². The van der Waals surface area contributed by atoms with E-state index in [4.69, 9.17) is 9.47 Å². The first-order valence-corrected chi connectivity index (χ1v) is 7.94. The number of ether oxygens (including phenoxy) is 2. The van der Waals surface area contributed by atoms with Gasteiger partial charge in [0.25, 0.3) is 0 Å². The van der Waals surface area contributed by atoms with Crippen molar-refractivity contribution in [2.45, 2.75) is 19.8 Å². The highest BCUT2D eigenvalue weighted by molar-refractivity contribution is 5.76. The molecule has 0 saturated carbocycles. The highest BCUT2D eigenvalue weighted by atomic mass is 16.5. The minimum absolute atomic E-state index is 0.0455. The molecule has 0 aliphatic heterocycles. The molecule has 0 spiro atoms. The van der Waals surface area contributed by atoms with Crippen LogP contribution in [0.1, 0.15) is 18.9 Å². The van der Waals surface area contributed by atoms with Crippen LogP contribution in [0.15, 0.2) is 54.6 Å². The Bertz CT molecular complexity index is 581. The van der Waals surface area contributed by atoms with Gasteiger partial charge in [0.05, 0.1) is 13.2 Å². The fourth-order valence-corrected chi connectivity index (χ4v) is 2.15. The van der Waals surface area contributed by atoms with Crippen LogP contribution >= 0.6 is 0 Å². The molecule has 2 rings (SSSR count). The molecule has 0 aromatic heterocycles. The summed E-state index contributed by atoms with van der Waals surface area (Å²) in [6, 6.07) is 17.5. The van der Waals surface area contributed by atoms with Crippen molar-refractivity contribution in [1.82, 2.24) is 5.32 Å². The number of nitrogens with one attached hydrogen (secondary N) is 1. The number of amides is 1. The van der Waals surface area contributed by atoms with E-state index in [9.17, 15) is 4.79 Å². The Morgan fingerprint density at radius 2 is 1.61 bits per heavy atom. The number of hydrogen-bond donors (Lipinski definition) is 1. The smallest absolute Gasteiger partial charge is 0.220 e. The topological polar surface area (TPSA) is 47.6 Å². The Hall–Kier alpha value is -2.49. The summed E-state index contributed by atoms with van der Waals surface area (Å²) in [7, 11) is 0. The van der Waals surface area contributed by atoms with E-state index in [-0.39, 0.29) is 5.91 Å². The van der Waals surface area contributed by atoms with Crippen LogP contribution < -0.4 is 14.8 Å². The SMILES string of the molecule is CCOc1ccc(OCCNC(=O)CCc2ccccc2)cc1. The summed E-state index contributed by atoms with van der Waals surface area (Å²) in [6.45, 7) is 3.55. The molecule has 1 amide bonds. The maximum absolute atomic E-state index is 11.8. The van der Waals surface area contributed by atoms with Gasteiger partial charge in [-0.3, -0.25) is 4.79 Å². The van der Waals surface area contributed by atoms with Gasteiger partial charge in [0.2, 0.25) is 5.91 Å². The fourth-order valence-electron chi connectivity index (χ4n) is 2.15. The van der Waals surface area contributed by atoms with E-state index in [0.29, 0.717) is 26.2 Å². The normalized spacial score (nSPS) is 10.1. The van der Waals surface area contributed by atoms with Crippen LogP contribution in [0.2, 0.25) is 0 Å². The van der Waals surface area contributed by atoms with Crippen molar-refractivity contribution in [2.75, 3.05) is 19.8 Å². The van der Waals surface area contributed by atoms with E-state index in [0.717, 1.165) is 17.9 Å². The lowest BCUT2D eigenvalue weighted by atomic mass is 10.1. The van der Waals surface area contributed by atoms with Gasteiger partial charge in [0.15, 0.2) is 0 Å². The molecule has 4 heteroatoms. The third kappa shape index (κ3) is 6.43. The summed E-state index contributed by atoms with van der Waals surface area (Å²) < 4.78 is 11.0. The number of benzene rings is 2. The van der Waals surface area contributed by atoms with Gasteiger partial charge < -0.3 is 14.8 Å². The first-order valence-electron chi connectivity index (χ1n) is 7.94. The average molecular weight is 313 g/mol. The van der Waals surface area contributed by atoms with Crippen molar-refractivity contribution in [3.05, 3.63) is 60.2 Å². The summed E-state index contributed by atoms with van der Waals surface area (Å²) in [6.07, 6.45) is 1.25. The predicted molar refractivity (Wildman–Crippen MR) is 90.9 cm³/mol. The van der Waals surface area contributed by atoms with Gasteiger partial charge in [-0.1, -0.05) is 30.3 Å². The van der Waals surface area contributed by atoms with E-state index in [1.165, 1.54) is 5.56 Å². The maximum atomic E-state index is 11.8. The van der Waals surface area contributed by atoms with Gasteiger partial charge in [0, 0.05) is 6.42 Å². The molecule has 2 aromatic rings. The van der Waals surface area contributed by atoms with Gasteiger partial charge in [-0.25, -0.2) is 0 Å². The molecule has 0 saturated heterocycles. The van der Waals surface area contributed by atoms with E-state index in [1.807, 2.05) is 61.5 Å². The lowest BCUT2D eigenvalue weighted by molar-refractivity contribution is -0.121. The minimum Gasteiger partial charge on any atom is -0.494 e. The molecule has 0 bridgehead atoms. The summed E-state index contributed by atoms with van der Waals surface area (Å²) >= 11 is 0. The first-order chi connectivity index (χ1) is 11.3. The highest BCUT2D eigenvalue weighted by Gasteiger charge is 2.02. The molecular formula is C19H23NO3. The minimum atomic E-state index is 0.0455. The van der Waals surface area contributed by atoms with Crippen molar-refractivity contribution in [3.8, 4) is 11.5 Å². The van der Waals surface area contributed by atoms with E-state index < -0.39 is 0 Å². The van der Waals surface area contributed by atoms with Crippen LogP contribution in [-0.2, 0) is 11.2 Å². The monoisotopic (exact) mass is 313 g/mol. The largest absolute Gasteiger partial charge is 0.494 e. The van der Waals surface area contributed by atoms with Gasteiger partial charge >= 0.3 is 0 Å². The van der Waals surface area contributed by atoms with E-state index in [1.54, 1.807) is 0 Å². The summed E-state index contributed by atoms with van der Waals surface area (Å²) in [4.78, 5) is 11.8. The molecular weight excluding hydrogens is 290 g/mol. The Labute approximate surface area is 137 Å². The summed E-state index contributed by atoms with van der Waals surface area (Å²) in [5.74, 6) is 1.64. The Balaban J connectivity index is 1.60. The molecule has 0 unspecified atom stereocenters. The van der Waals surface area contributed by atoms with Gasteiger partial charge in [-0.2, -0.15) is 0 Å². The Morgan fingerprint density at radius 3 is 2.26 bits per heavy atom. The van der Waals surface area contributed by atoms with Crippen LogP contribution in [0.3, 0.4) is 0 Å². The molecule has 1 N–H and O–H groups in total. The zero-order chi connectivity index (χ0) is 16.3. The second-order valence-electron chi connectivity index (χ2n) is 5.09. The van der Waals surface area contributed by atoms with Gasteiger partial charge in [-0.15, -0.1) is 0 Å². The highest BCUT2D eigenvalue weighted by Crippen LogP contribution is 2.17. The summed E-state index contributed by atoms with van der Waals surface area (Å²) in [5.41, 5.74) is 1.17. The van der Waals surface area contributed by atoms with E-state index in [2.05, 4.69) is 5.32 Å². The molecule has 0 heterocycles. The second kappa shape index (κ2) is 9.51.